The van der Waals surface area contributed by atoms with Gasteiger partial charge in [-0.25, -0.2) is 0 Å². The second-order valence-corrected chi connectivity index (χ2v) is 3.28. The van der Waals surface area contributed by atoms with Gasteiger partial charge in [0.05, 0.1) is 0 Å². The molecule has 0 aliphatic rings. The van der Waals surface area contributed by atoms with Crippen molar-refractivity contribution in [2.75, 3.05) is 0 Å². The standard InChI is InChI=1S/3C3H8O.Eu/c3*1-3(2)4;/h3*3-4H,1-2H3;. The summed E-state index contributed by atoms with van der Waals surface area (Å²) in [6.45, 7) is 10.3. The Morgan fingerprint density at radius 1 is 0.538 bits per heavy atom. The zero-order valence-electron chi connectivity index (χ0n) is 9.45. The molecule has 1 radical (unpaired) electrons. The van der Waals surface area contributed by atoms with Gasteiger partial charge in [0.25, 0.3) is 0 Å². The van der Waals surface area contributed by atoms with Gasteiger partial charge in [0, 0.05) is 67.7 Å². The molecular formula is C9H24EuO3. The molecule has 0 atom stereocenters. The van der Waals surface area contributed by atoms with E-state index in [9.17, 15) is 0 Å². The van der Waals surface area contributed by atoms with Gasteiger partial charge in [-0.15, -0.1) is 0 Å². The van der Waals surface area contributed by atoms with Gasteiger partial charge in [-0.05, 0) is 41.5 Å². The molecule has 0 aromatic carbocycles. The molecule has 0 saturated carbocycles. The Morgan fingerprint density at radius 3 is 0.538 bits per heavy atom. The number of aliphatic hydroxyl groups excluding tert-OH is 3. The van der Waals surface area contributed by atoms with Gasteiger partial charge in [-0.1, -0.05) is 0 Å². The SMILES string of the molecule is CC(C)O.CC(C)O.CC(C)O.[Eu]. The average Bonchev–Trinajstić information content (AvgIpc) is 1.54. The third kappa shape index (κ3) is 825. The molecule has 0 heterocycles. The Bertz CT molecular complexity index is 43.4. The Hall–Kier alpha value is 1.46. The van der Waals surface area contributed by atoms with Crippen LogP contribution in [0.3, 0.4) is 0 Å². The first-order chi connectivity index (χ1) is 5.20. The Balaban J connectivity index is -0.0000000450. The van der Waals surface area contributed by atoms with Crippen LogP contribution in [0, 0.1) is 49.4 Å². The van der Waals surface area contributed by atoms with Gasteiger partial charge in [-0.2, -0.15) is 0 Å². The monoisotopic (exact) mass is 333 g/mol. The summed E-state index contributed by atoms with van der Waals surface area (Å²) in [4.78, 5) is 0. The van der Waals surface area contributed by atoms with E-state index in [-0.39, 0.29) is 67.7 Å². The molecular weight excluding hydrogens is 308 g/mol. The molecule has 0 bridgehead atoms. The second-order valence-electron chi connectivity index (χ2n) is 3.28. The van der Waals surface area contributed by atoms with Gasteiger partial charge >= 0.3 is 0 Å². The van der Waals surface area contributed by atoms with Gasteiger partial charge in [0.1, 0.15) is 0 Å². The number of aliphatic hydroxyl groups is 3. The first-order valence-corrected chi connectivity index (χ1v) is 4.24. The summed E-state index contributed by atoms with van der Waals surface area (Å²) < 4.78 is 0. The van der Waals surface area contributed by atoms with Crippen molar-refractivity contribution >= 4 is 0 Å². The summed E-state index contributed by atoms with van der Waals surface area (Å²) in [6.07, 6.45) is -0.500. The Kier molecular flexibility index (Phi) is 35.2. The van der Waals surface area contributed by atoms with E-state index in [0.29, 0.717) is 0 Å². The molecule has 0 rings (SSSR count). The summed E-state index contributed by atoms with van der Waals surface area (Å²) in [5.74, 6) is 0. The van der Waals surface area contributed by atoms with Crippen LogP contribution < -0.4 is 0 Å². The zero-order valence-corrected chi connectivity index (χ0v) is 11.9. The minimum absolute atomic E-state index is 0. The van der Waals surface area contributed by atoms with Crippen molar-refractivity contribution in [2.24, 2.45) is 0 Å². The maximum absolute atomic E-state index is 8.06. The van der Waals surface area contributed by atoms with Crippen LogP contribution in [-0.2, 0) is 0 Å². The molecule has 4 heteroatoms. The molecule has 0 amide bonds. The van der Waals surface area contributed by atoms with E-state index in [1.54, 1.807) is 41.5 Å². The molecule has 0 aliphatic heterocycles. The van der Waals surface area contributed by atoms with Crippen molar-refractivity contribution in [3.8, 4) is 0 Å². The van der Waals surface area contributed by atoms with Crippen molar-refractivity contribution in [1.82, 2.24) is 0 Å². The van der Waals surface area contributed by atoms with E-state index < -0.39 is 0 Å². The van der Waals surface area contributed by atoms with Gasteiger partial charge in [0.15, 0.2) is 0 Å². The number of hydrogen-bond acceptors (Lipinski definition) is 3. The molecule has 0 aromatic rings. The molecule has 0 fully saturated rings. The summed E-state index contributed by atoms with van der Waals surface area (Å²) in [6, 6.07) is 0. The van der Waals surface area contributed by atoms with Crippen molar-refractivity contribution in [2.45, 2.75) is 59.9 Å². The normalized spacial score (nSPS) is 8.31. The van der Waals surface area contributed by atoms with Crippen LogP contribution >= 0.6 is 0 Å². The minimum atomic E-state index is -0.167. The van der Waals surface area contributed by atoms with Crippen molar-refractivity contribution < 1.29 is 64.7 Å². The average molecular weight is 332 g/mol. The largest absolute Gasteiger partial charge is 0.394 e. The molecule has 13 heavy (non-hydrogen) atoms. The Labute approximate surface area is 123 Å². The Morgan fingerprint density at radius 2 is 0.538 bits per heavy atom. The molecule has 0 spiro atoms. The van der Waals surface area contributed by atoms with E-state index >= 15 is 0 Å². The van der Waals surface area contributed by atoms with Crippen LogP contribution in [0.5, 0.6) is 0 Å². The fourth-order valence-electron chi connectivity index (χ4n) is 0. The molecule has 0 aliphatic carbocycles. The van der Waals surface area contributed by atoms with Crippen molar-refractivity contribution in [3.63, 3.8) is 0 Å². The van der Waals surface area contributed by atoms with Crippen LogP contribution in [0.15, 0.2) is 0 Å². The van der Waals surface area contributed by atoms with E-state index in [4.69, 9.17) is 15.3 Å². The van der Waals surface area contributed by atoms with E-state index in [0.717, 1.165) is 0 Å². The fourth-order valence-corrected chi connectivity index (χ4v) is 0. The van der Waals surface area contributed by atoms with Crippen LogP contribution in [-0.4, -0.2) is 33.6 Å². The van der Waals surface area contributed by atoms with E-state index in [2.05, 4.69) is 0 Å². The topological polar surface area (TPSA) is 60.7 Å². The molecule has 85 valence electrons. The van der Waals surface area contributed by atoms with Crippen LogP contribution in [0.2, 0.25) is 0 Å². The van der Waals surface area contributed by atoms with E-state index in [1.165, 1.54) is 0 Å². The first kappa shape index (κ1) is 23.9. The predicted octanol–water partition coefficient (Wildman–Crippen LogP) is 1.16. The number of rotatable bonds is 0. The predicted molar refractivity (Wildman–Crippen MR) is 52.1 cm³/mol. The minimum Gasteiger partial charge on any atom is -0.394 e. The molecule has 0 unspecified atom stereocenters. The van der Waals surface area contributed by atoms with Crippen LogP contribution in [0.1, 0.15) is 41.5 Å². The summed E-state index contributed by atoms with van der Waals surface area (Å²) in [7, 11) is 0. The van der Waals surface area contributed by atoms with Crippen LogP contribution in [0.4, 0.5) is 0 Å². The van der Waals surface area contributed by atoms with Crippen molar-refractivity contribution in [1.29, 1.82) is 0 Å². The maximum atomic E-state index is 8.06. The molecule has 0 saturated heterocycles. The summed E-state index contributed by atoms with van der Waals surface area (Å²) in [5.41, 5.74) is 0. The summed E-state index contributed by atoms with van der Waals surface area (Å²) in [5, 5.41) is 24.2. The first-order valence-electron chi connectivity index (χ1n) is 4.24. The molecule has 0 aromatic heterocycles. The van der Waals surface area contributed by atoms with Crippen LogP contribution in [0.25, 0.3) is 0 Å². The van der Waals surface area contributed by atoms with Gasteiger partial charge in [0.2, 0.25) is 0 Å². The fraction of sp³-hybridized carbons (Fsp3) is 1.00. The van der Waals surface area contributed by atoms with Crippen molar-refractivity contribution in [3.05, 3.63) is 0 Å². The zero-order chi connectivity index (χ0) is 10.7. The van der Waals surface area contributed by atoms with Gasteiger partial charge < -0.3 is 15.3 Å². The second kappa shape index (κ2) is 19.1. The quantitative estimate of drug-likeness (QED) is 0.624. The maximum Gasteiger partial charge on any atom is 0.0483 e. The van der Waals surface area contributed by atoms with E-state index in [1.807, 2.05) is 0 Å². The molecule has 3 nitrogen and oxygen atoms in total. The van der Waals surface area contributed by atoms with Gasteiger partial charge in [-0.3, -0.25) is 0 Å². The number of hydrogen-bond donors (Lipinski definition) is 3. The third-order valence-corrected chi connectivity index (χ3v) is 0. The molecule has 3 N–H and O–H groups in total. The smallest absolute Gasteiger partial charge is 0.0483 e. The third-order valence-electron chi connectivity index (χ3n) is 0. The summed E-state index contributed by atoms with van der Waals surface area (Å²) >= 11 is 0.